The fourth-order valence-corrected chi connectivity index (χ4v) is 0.840. The highest BCUT2D eigenvalue weighted by molar-refractivity contribution is 5.46. The Morgan fingerprint density at radius 3 is 2.69 bits per heavy atom. The largest absolute Gasteiger partial charge is 0.382 e. The zero-order valence-corrected chi connectivity index (χ0v) is 6.92. The van der Waals surface area contributed by atoms with E-state index in [0.29, 0.717) is 17.3 Å². The van der Waals surface area contributed by atoms with Crippen LogP contribution in [0.25, 0.3) is 11.5 Å². The third-order valence-electron chi connectivity index (χ3n) is 1.41. The van der Waals surface area contributed by atoms with Crippen LogP contribution in [0.4, 0.5) is 5.82 Å². The van der Waals surface area contributed by atoms with Crippen LogP contribution >= 0.6 is 0 Å². The molecule has 0 bridgehead atoms. The maximum atomic E-state index is 5.37. The topological polar surface area (TPSA) is 95.4 Å². The summed E-state index contributed by atoms with van der Waals surface area (Å²) < 4.78 is 0. The normalized spacial score (nSPS) is 10.2. The molecule has 0 aliphatic rings. The van der Waals surface area contributed by atoms with Crippen molar-refractivity contribution < 1.29 is 0 Å². The van der Waals surface area contributed by atoms with Gasteiger partial charge >= 0.3 is 0 Å². The molecule has 0 fully saturated rings. The number of anilines is 1. The SMILES string of the molecule is Cn1nnc(-c2cnc(N)cn2)n1. The molecule has 0 aromatic carbocycles. The Labute approximate surface area is 73.6 Å². The van der Waals surface area contributed by atoms with Crippen molar-refractivity contribution in [3.05, 3.63) is 12.4 Å². The zero-order valence-electron chi connectivity index (χ0n) is 6.92. The van der Waals surface area contributed by atoms with Crippen molar-refractivity contribution in [1.29, 1.82) is 0 Å². The standard InChI is InChI=1S/C6H7N7/c1-13-11-6(10-12-13)4-2-9-5(7)3-8-4/h2-3H,1H3,(H2,7,9). The van der Waals surface area contributed by atoms with Crippen LogP contribution < -0.4 is 5.73 Å². The Kier molecular flexibility index (Phi) is 1.62. The smallest absolute Gasteiger partial charge is 0.224 e. The Morgan fingerprint density at radius 2 is 2.15 bits per heavy atom. The predicted molar refractivity (Wildman–Crippen MR) is 44.2 cm³/mol. The third-order valence-corrected chi connectivity index (χ3v) is 1.41. The second-order valence-electron chi connectivity index (χ2n) is 2.43. The number of tetrazole rings is 1. The molecule has 0 radical (unpaired) electrons. The molecule has 7 nitrogen and oxygen atoms in total. The quantitative estimate of drug-likeness (QED) is 0.615. The fourth-order valence-electron chi connectivity index (χ4n) is 0.840. The van der Waals surface area contributed by atoms with E-state index in [1.165, 1.54) is 17.2 Å². The van der Waals surface area contributed by atoms with Crippen molar-refractivity contribution >= 4 is 5.82 Å². The van der Waals surface area contributed by atoms with E-state index in [0.717, 1.165) is 0 Å². The highest BCUT2D eigenvalue weighted by Gasteiger charge is 2.05. The summed E-state index contributed by atoms with van der Waals surface area (Å²) in [7, 11) is 1.68. The molecule has 0 saturated carbocycles. The molecule has 0 aliphatic heterocycles. The molecule has 0 atom stereocenters. The van der Waals surface area contributed by atoms with E-state index in [4.69, 9.17) is 5.73 Å². The number of hydrogen-bond donors (Lipinski definition) is 1. The van der Waals surface area contributed by atoms with E-state index in [9.17, 15) is 0 Å². The number of aromatic nitrogens is 6. The van der Waals surface area contributed by atoms with E-state index in [1.807, 2.05) is 0 Å². The lowest BCUT2D eigenvalue weighted by atomic mass is 10.4. The Hall–Kier alpha value is -2.05. The van der Waals surface area contributed by atoms with E-state index in [-0.39, 0.29) is 0 Å². The predicted octanol–water partition coefficient (Wildman–Crippen LogP) is -0.751. The average molecular weight is 177 g/mol. The summed E-state index contributed by atoms with van der Waals surface area (Å²) >= 11 is 0. The van der Waals surface area contributed by atoms with Crippen molar-refractivity contribution in [3.63, 3.8) is 0 Å². The van der Waals surface area contributed by atoms with Gasteiger partial charge in [-0.1, -0.05) is 0 Å². The summed E-state index contributed by atoms with van der Waals surface area (Å²) in [5.41, 5.74) is 5.93. The van der Waals surface area contributed by atoms with Crippen LogP contribution in [0.3, 0.4) is 0 Å². The molecule has 2 aromatic heterocycles. The van der Waals surface area contributed by atoms with Crippen molar-refractivity contribution in [1.82, 2.24) is 30.2 Å². The van der Waals surface area contributed by atoms with Gasteiger partial charge in [0.2, 0.25) is 5.82 Å². The van der Waals surface area contributed by atoms with E-state index in [1.54, 1.807) is 7.05 Å². The zero-order chi connectivity index (χ0) is 9.26. The molecule has 0 saturated heterocycles. The molecular formula is C6H7N7. The van der Waals surface area contributed by atoms with Crippen molar-refractivity contribution in [2.75, 3.05) is 5.73 Å². The van der Waals surface area contributed by atoms with E-state index in [2.05, 4.69) is 25.4 Å². The molecule has 13 heavy (non-hydrogen) atoms. The van der Waals surface area contributed by atoms with Crippen molar-refractivity contribution in [2.24, 2.45) is 7.05 Å². The molecule has 2 heterocycles. The molecular weight excluding hydrogens is 170 g/mol. The second-order valence-corrected chi connectivity index (χ2v) is 2.43. The van der Waals surface area contributed by atoms with Gasteiger partial charge < -0.3 is 5.73 Å². The average Bonchev–Trinajstić information content (AvgIpc) is 2.53. The minimum Gasteiger partial charge on any atom is -0.382 e. The van der Waals surface area contributed by atoms with Crippen LogP contribution in [0, 0.1) is 0 Å². The van der Waals surface area contributed by atoms with Gasteiger partial charge in [0, 0.05) is 0 Å². The molecule has 2 aromatic rings. The van der Waals surface area contributed by atoms with Gasteiger partial charge in [-0.2, -0.15) is 4.80 Å². The Bertz CT molecular complexity index is 403. The summed E-state index contributed by atoms with van der Waals surface area (Å²) in [4.78, 5) is 9.21. The highest BCUT2D eigenvalue weighted by atomic mass is 15.6. The van der Waals surface area contributed by atoms with Gasteiger partial charge in [-0.05, 0) is 5.21 Å². The maximum absolute atomic E-state index is 5.37. The summed E-state index contributed by atoms with van der Waals surface area (Å²) in [6.07, 6.45) is 2.96. The monoisotopic (exact) mass is 177 g/mol. The lowest BCUT2D eigenvalue weighted by Gasteiger charge is -1.92. The van der Waals surface area contributed by atoms with Gasteiger partial charge in [-0.25, -0.2) is 9.97 Å². The van der Waals surface area contributed by atoms with Gasteiger partial charge in [0.1, 0.15) is 11.5 Å². The number of rotatable bonds is 1. The van der Waals surface area contributed by atoms with Gasteiger partial charge in [-0.15, -0.1) is 10.2 Å². The lowest BCUT2D eigenvalue weighted by molar-refractivity contribution is 0.630. The van der Waals surface area contributed by atoms with Crippen molar-refractivity contribution in [3.8, 4) is 11.5 Å². The number of hydrogen-bond acceptors (Lipinski definition) is 6. The van der Waals surface area contributed by atoms with Gasteiger partial charge in [0.05, 0.1) is 19.4 Å². The molecule has 0 spiro atoms. The van der Waals surface area contributed by atoms with Crippen LogP contribution in [0.1, 0.15) is 0 Å². The summed E-state index contributed by atoms with van der Waals surface area (Å²) in [6, 6.07) is 0. The molecule has 2 N–H and O–H groups in total. The number of nitrogens with two attached hydrogens (primary N) is 1. The van der Waals surface area contributed by atoms with E-state index >= 15 is 0 Å². The first kappa shape index (κ1) is 7.59. The molecule has 0 amide bonds. The van der Waals surface area contributed by atoms with Crippen LogP contribution in [-0.4, -0.2) is 30.2 Å². The first-order valence-corrected chi connectivity index (χ1v) is 3.57. The number of aryl methyl sites for hydroxylation is 1. The Morgan fingerprint density at radius 1 is 1.31 bits per heavy atom. The van der Waals surface area contributed by atoms with Crippen LogP contribution in [-0.2, 0) is 7.05 Å². The lowest BCUT2D eigenvalue weighted by Crippen LogP contribution is -1.94. The van der Waals surface area contributed by atoms with Gasteiger partial charge in [0.25, 0.3) is 0 Å². The van der Waals surface area contributed by atoms with Crippen LogP contribution in [0.15, 0.2) is 12.4 Å². The highest BCUT2D eigenvalue weighted by Crippen LogP contribution is 2.07. The van der Waals surface area contributed by atoms with Gasteiger partial charge in [0.15, 0.2) is 0 Å². The minimum absolute atomic E-state index is 0.368. The summed E-state index contributed by atoms with van der Waals surface area (Å²) in [5, 5.41) is 11.4. The molecule has 0 unspecified atom stereocenters. The molecule has 2 rings (SSSR count). The van der Waals surface area contributed by atoms with Crippen LogP contribution in [0.5, 0.6) is 0 Å². The second kappa shape index (κ2) is 2.77. The molecule has 7 heteroatoms. The summed E-state index contributed by atoms with van der Waals surface area (Å²) in [5.74, 6) is 0.808. The van der Waals surface area contributed by atoms with Crippen LogP contribution in [0.2, 0.25) is 0 Å². The van der Waals surface area contributed by atoms with E-state index < -0.39 is 0 Å². The van der Waals surface area contributed by atoms with Crippen molar-refractivity contribution in [2.45, 2.75) is 0 Å². The molecule has 66 valence electrons. The first-order chi connectivity index (χ1) is 6.25. The Balaban J connectivity index is 2.41. The maximum Gasteiger partial charge on any atom is 0.224 e. The number of nitrogens with zero attached hydrogens (tertiary/aromatic N) is 6. The fraction of sp³-hybridized carbons (Fsp3) is 0.167. The third kappa shape index (κ3) is 1.43. The first-order valence-electron chi connectivity index (χ1n) is 3.57. The number of nitrogen functional groups attached to an aromatic ring is 1. The molecule has 0 aliphatic carbocycles. The summed E-state index contributed by atoms with van der Waals surface area (Å²) in [6.45, 7) is 0. The van der Waals surface area contributed by atoms with Gasteiger partial charge in [-0.3, -0.25) is 0 Å². The minimum atomic E-state index is 0.368.